The van der Waals surface area contributed by atoms with Gasteiger partial charge in [-0.1, -0.05) is 43.9 Å². The standard InChI is InChI=1S/C18H26ClNO2S/c1-2-17(22-15-8-6-7-14(19)13-15)18(21)20-11-12-23-16-9-4-3-5-10-16/h6-8,13,16-17H,2-5,9-12H2,1H3,(H,20,21)/t17-/m1/s1. The van der Waals surface area contributed by atoms with Gasteiger partial charge in [-0.25, -0.2) is 0 Å². The number of hydrogen-bond donors (Lipinski definition) is 1. The van der Waals surface area contributed by atoms with Crippen molar-refractivity contribution < 1.29 is 9.53 Å². The van der Waals surface area contributed by atoms with Crippen molar-refractivity contribution in [2.75, 3.05) is 12.3 Å². The fraction of sp³-hybridized carbons (Fsp3) is 0.611. The summed E-state index contributed by atoms with van der Waals surface area (Å²) in [7, 11) is 0. The molecule has 1 amide bonds. The zero-order valence-corrected chi connectivity index (χ0v) is 15.3. The predicted octanol–water partition coefficient (Wildman–Crippen LogP) is 4.68. The molecule has 1 aromatic rings. The average Bonchev–Trinajstić information content (AvgIpc) is 2.57. The van der Waals surface area contributed by atoms with Crippen LogP contribution in [0.5, 0.6) is 5.75 Å². The molecule has 0 bridgehead atoms. The summed E-state index contributed by atoms with van der Waals surface area (Å²) in [4.78, 5) is 12.2. The quantitative estimate of drug-likeness (QED) is 0.688. The Kier molecular flexibility index (Phi) is 8.10. The number of rotatable bonds is 8. The maximum Gasteiger partial charge on any atom is 0.261 e. The molecule has 1 atom stereocenters. The van der Waals surface area contributed by atoms with E-state index in [2.05, 4.69) is 5.32 Å². The monoisotopic (exact) mass is 355 g/mol. The Morgan fingerprint density at radius 3 is 2.87 bits per heavy atom. The predicted molar refractivity (Wildman–Crippen MR) is 98.5 cm³/mol. The molecular weight excluding hydrogens is 330 g/mol. The van der Waals surface area contributed by atoms with Gasteiger partial charge in [-0.05, 0) is 37.5 Å². The smallest absolute Gasteiger partial charge is 0.261 e. The van der Waals surface area contributed by atoms with Gasteiger partial charge in [-0.15, -0.1) is 0 Å². The number of benzene rings is 1. The third-order valence-corrected chi connectivity index (χ3v) is 5.66. The Morgan fingerprint density at radius 1 is 1.39 bits per heavy atom. The Balaban J connectivity index is 1.69. The molecule has 3 nitrogen and oxygen atoms in total. The number of carbonyl (C=O) groups excluding carboxylic acids is 1. The molecule has 0 saturated heterocycles. The van der Waals surface area contributed by atoms with Crippen LogP contribution in [-0.4, -0.2) is 29.6 Å². The molecule has 1 aliphatic rings. The number of nitrogens with one attached hydrogen (secondary N) is 1. The molecule has 1 saturated carbocycles. The first-order chi connectivity index (χ1) is 11.2. The summed E-state index contributed by atoms with van der Waals surface area (Å²) in [6, 6.07) is 7.16. The van der Waals surface area contributed by atoms with Crippen LogP contribution in [0, 0.1) is 0 Å². The summed E-state index contributed by atoms with van der Waals surface area (Å²) >= 11 is 7.94. The SMILES string of the molecule is CC[C@@H](Oc1cccc(Cl)c1)C(=O)NCCSC1CCCCC1. The summed E-state index contributed by atoms with van der Waals surface area (Å²) in [6.45, 7) is 2.65. The molecule has 128 valence electrons. The molecule has 0 unspecified atom stereocenters. The van der Waals surface area contributed by atoms with Crippen LogP contribution < -0.4 is 10.1 Å². The normalized spacial score (nSPS) is 16.8. The van der Waals surface area contributed by atoms with Crippen LogP contribution >= 0.6 is 23.4 Å². The van der Waals surface area contributed by atoms with Crippen LogP contribution in [0.25, 0.3) is 0 Å². The molecule has 0 spiro atoms. The molecule has 1 fully saturated rings. The lowest BCUT2D eigenvalue weighted by molar-refractivity contribution is -0.127. The molecule has 0 aromatic heterocycles. The van der Waals surface area contributed by atoms with Crippen molar-refractivity contribution in [1.82, 2.24) is 5.32 Å². The van der Waals surface area contributed by atoms with Crippen LogP contribution in [0.4, 0.5) is 0 Å². The van der Waals surface area contributed by atoms with Gasteiger partial charge in [-0.2, -0.15) is 11.8 Å². The zero-order chi connectivity index (χ0) is 16.5. The van der Waals surface area contributed by atoms with E-state index in [1.165, 1.54) is 32.1 Å². The highest BCUT2D eigenvalue weighted by Crippen LogP contribution is 2.27. The van der Waals surface area contributed by atoms with E-state index >= 15 is 0 Å². The van der Waals surface area contributed by atoms with E-state index in [9.17, 15) is 4.79 Å². The highest BCUT2D eigenvalue weighted by molar-refractivity contribution is 7.99. The molecule has 1 N–H and O–H groups in total. The van der Waals surface area contributed by atoms with Crippen LogP contribution in [0.2, 0.25) is 5.02 Å². The van der Waals surface area contributed by atoms with E-state index in [1.807, 2.05) is 30.8 Å². The van der Waals surface area contributed by atoms with Gasteiger partial charge < -0.3 is 10.1 Å². The van der Waals surface area contributed by atoms with Crippen molar-refractivity contribution in [1.29, 1.82) is 0 Å². The van der Waals surface area contributed by atoms with Gasteiger partial charge in [0.25, 0.3) is 5.91 Å². The van der Waals surface area contributed by atoms with Crippen molar-refractivity contribution in [3.05, 3.63) is 29.3 Å². The molecule has 1 aliphatic carbocycles. The molecule has 0 aliphatic heterocycles. The van der Waals surface area contributed by atoms with Gasteiger partial charge in [-0.3, -0.25) is 4.79 Å². The lowest BCUT2D eigenvalue weighted by Gasteiger charge is -2.21. The minimum atomic E-state index is -0.465. The summed E-state index contributed by atoms with van der Waals surface area (Å²) in [5.41, 5.74) is 0. The molecule has 1 aromatic carbocycles. The second kappa shape index (κ2) is 10.1. The Morgan fingerprint density at radius 2 is 2.17 bits per heavy atom. The van der Waals surface area contributed by atoms with Gasteiger partial charge in [0.1, 0.15) is 5.75 Å². The first-order valence-electron chi connectivity index (χ1n) is 8.50. The minimum absolute atomic E-state index is 0.0447. The summed E-state index contributed by atoms with van der Waals surface area (Å²) < 4.78 is 5.75. The summed E-state index contributed by atoms with van der Waals surface area (Å²) in [6.07, 6.45) is 6.92. The van der Waals surface area contributed by atoms with Crippen LogP contribution in [-0.2, 0) is 4.79 Å². The molecule has 2 rings (SSSR count). The number of halogens is 1. The van der Waals surface area contributed by atoms with Crippen molar-refractivity contribution in [3.63, 3.8) is 0 Å². The largest absolute Gasteiger partial charge is 0.481 e. The highest BCUT2D eigenvalue weighted by Gasteiger charge is 2.18. The van der Waals surface area contributed by atoms with E-state index in [0.29, 0.717) is 23.7 Å². The van der Waals surface area contributed by atoms with E-state index in [1.54, 1.807) is 12.1 Å². The highest BCUT2D eigenvalue weighted by atomic mass is 35.5. The third-order valence-electron chi connectivity index (χ3n) is 4.04. The van der Waals surface area contributed by atoms with Crippen molar-refractivity contribution in [3.8, 4) is 5.75 Å². The van der Waals surface area contributed by atoms with Gasteiger partial charge in [0, 0.05) is 22.6 Å². The fourth-order valence-electron chi connectivity index (χ4n) is 2.77. The first kappa shape index (κ1) is 18.5. The van der Waals surface area contributed by atoms with E-state index in [4.69, 9.17) is 16.3 Å². The van der Waals surface area contributed by atoms with Crippen LogP contribution in [0.3, 0.4) is 0 Å². The van der Waals surface area contributed by atoms with Gasteiger partial charge in [0.2, 0.25) is 0 Å². The summed E-state index contributed by atoms with van der Waals surface area (Å²) in [5, 5.41) is 4.39. The average molecular weight is 356 g/mol. The van der Waals surface area contributed by atoms with Crippen molar-refractivity contribution in [2.45, 2.75) is 56.8 Å². The Labute approximate surface area is 148 Å². The number of thioether (sulfide) groups is 1. The third kappa shape index (κ3) is 6.64. The second-order valence-corrected chi connectivity index (χ2v) is 7.74. The van der Waals surface area contributed by atoms with E-state index < -0.39 is 6.10 Å². The number of ether oxygens (including phenoxy) is 1. The maximum atomic E-state index is 12.2. The van der Waals surface area contributed by atoms with E-state index in [-0.39, 0.29) is 5.91 Å². The van der Waals surface area contributed by atoms with Gasteiger partial charge in [0.15, 0.2) is 6.10 Å². The first-order valence-corrected chi connectivity index (χ1v) is 9.93. The maximum absolute atomic E-state index is 12.2. The molecule has 23 heavy (non-hydrogen) atoms. The second-order valence-electron chi connectivity index (χ2n) is 5.89. The lowest BCUT2D eigenvalue weighted by atomic mass is 10.0. The van der Waals surface area contributed by atoms with Crippen LogP contribution in [0.15, 0.2) is 24.3 Å². The fourth-order valence-corrected chi connectivity index (χ4v) is 4.17. The van der Waals surface area contributed by atoms with Crippen LogP contribution in [0.1, 0.15) is 45.4 Å². The topological polar surface area (TPSA) is 38.3 Å². The van der Waals surface area contributed by atoms with Gasteiger partial charge in [0.05, 0.1) is 0 Å². The van der Waals surface area contributed by atoms with E-state index in [0.717, 1.165) is 11.0 Å². The number of carbonyl (C=O) groups is 1. The number of amides is 1. The minimum Gasteiger partial charge on any atom is -0.481 e. The molecule has 5 heteroatoms. The molecular formula is C18H26ClNO2S. The van der Waals surface area contributed by atoms with Crippen molar-refractivity contribution >= 4 is 29.3 Å². The summed E-state index contributed by atoms with van der Waals surface area (Å²) in [5.74, 6) is 1.57. The lowest BCUT2D eigenvalue weighted by Crippen LogP contribution is -2.39. The Hall–Kier alpha value is -0.870. The molecule has 0 radical (unpaired) electrons. The zero-order valence-electron chi connectivity index (χ0n) is 13.7. The van der Waals surface area contributed by atoms with Crippen molar-refractivity contribution in [2.24, 2.45) is 0 Å². The van der Waals surface area contributed by atoms with Gasteiger partial charge >= 0.3 is 0 Å². The Bertz CT molecular complexity index is 492. The molecule has 0 heterocycles. The number of hydrogen-bond acceptors (Lipinski definition) is 3.